The van der Waals surface area contributed by atoms with Gasteiger partial charge >= 0.3 is 11.9 Å². The molecule has 0 bridgehead atoms. The van der Waals surface area contributed by atoms with Gasteiger partial charge in [-0.2, -0.15) is 0 Å². The van der Waals surface area contributed by atoms with Crippen LogP contribution in [0.4, 0.5) is 0 Å². The van der Waals surface area contributed by atoms with Crippen LogP contribution < -0.4 is 16.0 Å². The van der Waals surface area contributed by atoms with Gasteiger partial charge in [0, 0.05) is 32.0 Å². The summed E-state index contributed by atoms with van der Waals surface area (Å²) in [5.74, 6) is -5.02. The van der Waals surface area contributed by atoms with Crippen molar-refractivity contribution in [2.45, 2.75) is 137 Å². The van der Waals surface area contributed by atoms with Crippen molar-refractivity contribution >= 4 is 53.2 Å². The Morgan fingerprint density at radius 2 is 1.55 bits per heavy atom. The molecule has 0 spiro atoms. The number of hydrogen-bond acceptors (Lipinski definition) is 11. The average Bonchev–Trinajstić information content (AvgIpc) is 3.24. The molecule has 346 valence electrons. The molecule has 0 radical (unpaired) electrons. The standard InChI is InChI=1S/C46H71N5O10S/c1-14-28(5)39-42(54)48-33(10)46(58)61-40(29(6)15-2)31(8)36(59-26-62-13)22-21-30(7)45(57)60-37(23-27(3)4)41(53)47-32(9)43(55)51(12)35(24-34-19-17-16-18-20-34)44(56)50(11)25-38(52)49-39/h15-21,27-28,31-33,35-37,39-40H,14,22-26H2,1-13H3,(H,47,53)(H,48,54)(H,49,52)/b29-15+,30-21+/t28?,31-,32+,33-,35-,36+,37-,39+,40-/m1/s1. The van der Waals surface area contributed by atoms with Crippen LogP contribution in [0.15, 0.2) is 53.6 Å². The first kappa shape index (κ1) is 53.4. The number of nitrogens with one attached hydrogen (secondary N) is 3. The lowest BCUT2D eigenvalue weighted by molar-refractivity contribution is -0.155. The summed E-state index contributed by atoms with van der Waals surface area (Å²) in [5, 5.41) is 8.17. The molecule has 1 aliphatic rings. The lowest BCUT2D eigenvalue weighted by Gasteiger charge is -2.33. The van der Waals surface area contributed by atoms with Gasteiger partial charge in [0.25, 0.3) is 5.91 Å². The number of carbonyl (C=O) groups excluding carboxylic acids is 7. The molecule has 0 aliphatic carbocycles. The van der Waals surface area contributed by atoms with E-state index >= 15 is 0 Å². The molecule has 5 amide bonds. The van der Waals surface area contributed by atoms with E-state index in [1.807, 2.05) is 72.1 Å². The van der Waals surface area contributed by atoms with E-state index in [4.69, 9.17) is 14.2 Å². The Morgan fingerprint density at radius 3 is 2.13 bits per heavy atom. The van der Waals surface area contributed by atoms with Crippen molar-refractivity contribution in [1.82, 2.24) is 25.8 Å². The largest absolute Gasteiger partial charge is 0.456 e. The first-order chi connectivity index (χ1) is 29.2. The second-order valence-electron chi connectivity index (χ2n) is 16.7. The number of benzene rings is 1. The summed E-state index contributed by atoms with van der Waals surface area (Å²) in [4.78, 5) is 99.0. The van der Waals surface area contributed by atoms with Crippen molar-refractivity contribution in [1.29, 1.82) is 0 Å². The molecule has 1 aliphatic heterocycles. The highest BCUT2D eigenvalue weighted by Crippen LogP contribution is 2.26. The summed E-state index contributed by atoms with van der Waals surface area (Å²) in [6, 6.07) is 4.65. The lowest BCUT2D eigenvalue weighted by Crippen LogP contribution is -2.57. The minimum atomic E-state index is -1.23. The number of amides is 5. The molecule has 3 N–H and O–H groups in total. The van der Waals surface area contributed by atoms with Crippen LogP contribution in [0.2, 0.25) is 0 Å². The van der Waals surface area contributed by atoms with Gasteiger partial charge in [0.05, 0.1) is 18.6 Å². The summed E-state index contributed by atoms with van der Waals surface area (Å²) < 4.78 is 18.1. The number of ether oxygens (including phenoxy) is 3. The molecule has 9 atom stereocenters. The van der Waals surface area contributed by atoms with E-state index < -0.39 is 96.4 Å². The maximum Gasteiger partial charge on any atom is 0.334 e. The van der Waals surface area contributed by atoms with Gasteiger partial charge < -0.3 is 40.0 Å². The summed E-state index contributed by atoms with van der Waals surface area (Å²) in [7, 11) is 2.88. The molecular weight excluding hydrogens is 815 g/mol. The smallest absolute Gasteiger partial charge is 0.334 e. The molecular formula is C46H71N5O10S. The van der Waals surface area contributed by atoms with Gasteiger partial charge in [-0.1, -0.05) is 83.5 Å². The number of likely N-dealkylation sites (N-methyl/N-ethyl adjacent to an activating group) is 2. The van der Waals surface area contributed by atoms with Crippen LogP contribution in [-0.4, -0.2) is 127 Å². The van der Waals surface area contributed by atoms with Crippen LogP contribution in [0.5, 0.6) is 0 Å². The highest BCUT2D eigenvalue weighted by molar-refractivity contribution is 7.98. The highest BCUT2D eigenvalue weighted by atomic mass is 32.2. The van der Waals surface area contributed by atoms with Crippen molar-refractivity contribution in [3.63, 3.8) is 0 Å². The van der Waals surface area contributed by atoms with Crippen LogP contribution in [0.3, 0.4) is 0 Å². The number of allylic oxidation sites excluding steroid dienone is 1. The van der Waals surface area contributed by atoms with Crippen LogP contribution in [0.1, 0.15) is 94.1 Å². The molecule has 16 heteroatoms. The third-order valence-electron chi connectivity index (χ3n) is 11.2. The van der Waals surface area contributed by atoms with Crippen LogP contribution in [0, 0.1) is 17.8 Å². The van der Waals surface area contributed by atoms with E-state index in [0.29, 0.717) is 12.4 Å². The van der Waals surface area contributed by atoms with E-state index in [1.165, 1.54) is 49.5 Å². The van der Waals surface area contributed by atoms with E-state index in [0.717, 1.165) is 11.1 Å². The van der Waals surface area contributed by atoms with Gasteiger partial charge in [-0.05, 0) is 76.7 Å². The third kappa shape index (κ3) is 16.2. The maximum absolute atomic E-state index is 14.2. The predicted molar refractivity (Wildman–Crippen MR) is 240 cm³/mol. The number of thioether (sulfide) groups is 1. The fraction of sp³-hybridized carbons (Fsp3) is 0.630. The van der Waals surface area contributed by atoms with Crippen LogP contribution in [-0.2, 0) is 54.2 Å². The molecule has 0 saturated heterocycles. The summed E-state index contributed by atoms with van der Waals surface area (Å²) >= 11 is 1.46. The zero-order chi connectivity index (χ0) is 46.8. The molecule has 1 heterocycles. The topological polar surface area (TPSA) is 190 Å². The molecule has 62 heavy (non-hydrogen) atoms. The van der Waals surface area contributed by atoms with Gasteiger partial charge in [-0.15, -0.1) is 11.8 Å². The van der Waals surface area contributed by atoms with Crippen molar-refractivity contribution < 1.29 is 47.8 Å². The Labute approximate surface area is 372 Å². The zero-order valence-corrected chi connectivity index (χ0v) is 39.8. The number of hydrogen-bond donors (Lipinski definition) is 3. The molecule has 0 aromatic heterocycles. The number of esters is 2. The van der Waals surface area contributed by atoms with Gasteiger partial charge in [0.1, 0.15) is 30.3 Å². The van der Waals surface area contributed by atoms with Crippen LogP contribution in [0.25, 0.3) is 0 Å². The molecule has 0 saturated carbocycles. The fourth-order valence-electron chi connectivity index (χ4n) is 6.91. The highest BCUT2D eigenvalue weighted by Gasteiger charge is 2.37. The third-order valence-corrected chi connectivity index (χ3v) is 11.6. The molecule has 1 aromatic rings. The maximum atomic E-state index is 14.2. The Bertz CT molecular complexity index is 1750. The van der Waals surface area contributed by atoms with Gasteiger partial charge in [-0.25, -0.2) is 9.59 Å². The first-order valence-corrected chi connectivity index (χ1v) is 22.8. The number of cyclic esters (lactones) is 2. The monoisotopic (exact) mass is 885 g/mol. The Morgan fingerprint density at radius 1 is 0.919 bits per heavy atom. The van der Waals surface area contributed by atoms with E-state index in [9.17, 15) is 33.6 Å². The van der Waals surface area contributed by atoms with E-state index in [-0.39, 0.29) is 36.7 Å². The van der Waals surface area contributed by atoms with E-state index in [2.05, 4.69) is 16.0 Å². The molecule has 15 nitrogen and oxygen atoms in total. The normalized spacial score (nSPS) is 28.0. The average molecular weight is 886 g/mol. The molecule has 0 fully saturated rings. The minimum Gasteiger partial charge on any atom is -0.456 e. The summed E-state index contributed by atoms with van der Waals surface area (Å²) in [5.41, 5.74) is 1.71. The van der Waals surface area contributed by atoms with Gasteiger partial charge in [0.2, 0.25) is 23.6 Å². The predicted octanol–water partition coefficient (Wildman–Crippen LogP) is 4.58. The summed E-state index contributed by atoms with van der Waals surface area (Å²) in [6.07, 6.45) is 3.83. The van der Waals surface area contributed by atoms with Crippen molar-refractivity contribution in [2.75, 3.05) is 32.8 Å². The second-order valence-corrected chi connectivity index (χ2v) is 17.6. The van der Waals surface area contributed by atoms with Crippen molar-refractivity contribution in [3.8, 4) is 0 Å². The van der Waals surface area contributed by atoms with E-state index in [1.54, 1.807) is 32.1 Å². The zero-order valence-electron chi connectivity index (χ0n) is 38.9. The van der Waals surface area contributed by atoms with Gasteiger partial charge in [0.15, 0.2) is 6.10 Å². The number of rotatable bonds is 10. The number of carbonyl (C=O) groups is 7. The Kier molecular flexibility index (Phi) is 22.5. The quantitative estimate of drug-likeness (QED) is 0.170. The summed E-state index contributed by atoms with van der Waals surface area (Å²) in [6.45, 7) is 17.1. The van der Waals surface area contributed by atoms with Crippen molar-refractivity contribution in [3.05, 3.63) is 59.2 Å². The molecule has 1 aromatic carbocycles. The second kappa shape index (κ2) is 26.0. The SMILES string of the molecule is C/C=C(\C)[C@H]1OC(=O)[C@@H](C)NC(=O)[C@H](C(C)CC)NC(=O)CN(C)C(=O)[C@@H](Cc2ccccc2)N(C)C(=O)[C@H](C)NC(=O)[C@@H](CC(C)C)OC(=O)/C(C)=C/C[C@H](OCSC)[C@H]1C. The fourth-order valence-corrected chi connectivity index (χ4v) is 7.22. The first-order valence-electron chi connectivity index (χ1n) is 21.4. The number of nitrogens with zero attached hydrogens (tertiary/aromatic N) is 2. The Hall–Kier alpha value is -4.70. The van der Waals surface area contributed by atoms with Crippen molar-refractivity contribution in [2.24, 2.45) is 17.8 Å². The Balaban J connectivity index is 2.68. The molecule has 2 rings (SSSR count). The van der Waals surface area contributed by atoms with Gasteiger partial charge in [-0.3, -0.25) is 24.0 Å². The minimum absolute atomic E-state index is 0.0614. The molecule has 1 unspecified atom stereocenters. The van der Waals surface area contributed by atoms with Crippen LogP contribution >= 0.6 is 11.8 Å². The lowest BCUT2D eigenvalue weighted by atomic mass is 9.90.